The molecule has 1 aliphatic rings. The van der Waals surface area contributed by atoms with Gasteiger partial charge in [-0.25, -0.2) is 9.97 Å². The Labute approximate surface area is 209 Å². The average molecular weight is 483 g/mol. The number of ether oxygens (including phenoxy) is 1. The van der Waals surface area contributed by atoms with E-state index in [1.165, 1.54) is 0 Å². The van der Waals surface area contributed by atoms with E-state index in [0.717, 1.165) is 45.9 Å². The number of nitrogens with zero attached hydrogens (tertiary/aromatic N) is 4. The Morgan fingerprint density at radius 3 is 2.66 bits per heavy atom. The van der Waals surface area contributed by atoms with Crippen molar-refractivity contribution in [3.05, 3.63) is 89.1 Å². The molecule has 7 heteroatoms. The van der Waals surface area contributed by atoms with Crippen LogP contribution < -0.4 is 4.74 Å². The number of pyridine rings is 1. The molecule has 0 radical (unpaired) electrons. The summed E-state index contributed by atoms with van der Waals surface area (Å²) in [5.74, 6) is 1.77. The van der Waals surface area contributed by atoms with Gasteiger partial charge in [0.05, 0.1) is 12.8 Å². The number of piperidine rings is 1. The van der Waals surface area contributed by atoms with Gasteiger partial charge in [0.15, 0.2) is 5.82 Å². The molecule has 6 nitrogen and oxygen atoms in total. The van der Waals surface area contributed by atoms with Gasteiger partial charge >= 0.3 is 0 Å². The fraction of sp³-hybridized carbons (Fsp3) is 0.214. The number of amides is 1. The number of benzene rings is 1. The number of carbonyl (C=O) groups excluding carboxylic acids is 1. The summed E-state index contributed by atoms with van der Waals surface area (Å²) in [6, 6.07) is 15.8. The minimum absolute atomic E-state index is 0.0602. The van der Waals surface area contributed by atoms with E-state index in [4.69, 9.17) is 9.72 Å². The smallest absolute Gasteiger partial charge is 0.246 e. The second-order valence-electron chi connectivity index (χ2n) is 8.41. The van der Waals surface area contributed by atoms with E-state index >= 15 is 0 Å². The molecule has 176 valence electrons. The third-order valence-electron chi connectivity index (χ3n) is 6.26. The number of rotatable bonds is 6. The van der Waals surface area contributed by atoms with Gasteiger partial charge in [-0.3, -0.25) is 9.78 Å². The predicted molar refractivity (Wildman–Crippen MR) is 139 cm³/mol. The van der Waals surface area contributed by atoms with Crippen LogP contribution in [-0.4, -0.2) is 46.0 Å². The van der Waals surface area contributed by atoms with Crippen LogP contribution in [0.5, 0.6) is 5.75 Å². The molecule has 0 atom stereocenters. The van der Waals surface area contributed by atoms with Gasteiger partial charge in [0, 0.05) is 59.7 Å². The van der Waals surface area contributed by atoms with Gasteiger partial charge in [-0.05, 0) is 60.2 Å². The fourth-order valence-corrected chi connectivity index (χ4v) is 5.00. The molecule has 0 N–H and O–H groups in total. The highest BCUT2D eigenvalue weighted by molar-refractivity contribution is 7.10. The molecule has 1 amide bonds. The highest BCUT2D eigenvalue weighted by Crippen LogP contribution is 2.36. The standard InChI is InChI=1S/C28H26N4O2S/c1-34-23-5-2-4-22(18-23)25-19-30-28(21-9-13-29-14-10-21)31-27(25)20-11-15-32(16-12-20)26(33)8-7-24-6-3-17-35-24/h2-10,13-14,17-20H,11-12,15-16H2,1H3. The molecule has 0 aliphatic carbocycles. The number of hydrogen-bond donors (Lipinski definition) is 0. The summed E-state index contributed by atoms with van der Waals surface area (Å²) in [7, 11) is 1.67. The highest BCUT2D eigenvalue weighted by atomic mass is 32.1. The molecule has 35 heavy (non-hydrogen) atoms. The fourth-order valence-electron chi connectivity index (χ4n) is 4.38. The first-order valence-electron chi connectivity index (χ1n) is 11.6. The maximum Gasteiger partial charge on any atom is 0.246 e. The largest absolute Gasteiger partial charge is 0.497 e. The van der Waals surface area contributed by atoms with Crippen LogP contribution in [0, 0.1) is 0 Å². The van der Waals surface area contributed by atoms with Crippen molar-refractivity contribution in [2.45, 2.75) is 18.8 Å². The van der Waals surface area contributed by atoms with Crippen molar-refractivity contribution in [1.29, 1.82) is 0 Å². The number of aromatic nitrogens is 3. The SMILES string of the molecule is COc1cccc(-c2cnc(-c3ccncc3)nc2C2CCN(C(=O)C=Cc3cccs3)CC2)c1. The van der Waals surface area contributed by atoms with E-state index in [0.29, 0.717) is 18.9 Å². The minimum atomic E-state index is 0.0602. The van der Waals surface area contributed by atoms with Crippen LogP contribution in [-0.2, 0) is 4.79 Å². The zero-order valence-electron chi connectivity index (χ0n) is 19.5. The topological polar surface area (TPSA) is 68.2 Å². The zero-order chi connectivity index (χ0) is 24.0. The third-order valence-corrected chi connectivity index (χ3v) is 7.10. The molecule has 3 aromatic heterocycles. The Kier molecular flexibility index (Phi) is 6.95. The second kappa shape index (κ2) is 10.6. The number of carbonyl (C=O) groups is 1. The second-order valence-corrected chi connectivity index (χ2v) is 9.39. The first-order valence-corrected chi connectivity index (χ1v) is 12.5. The lowest BCUT2D eigenvalue weighted by Gasteiger charge is -2.32. The van der Waals surface area contributed by atoms with Crippen molar-refractivity contribution < 1.29 is 9.53 Å². The lowest BCUT2D eigenvalue weighted by atomic mass is 9.88. The van der Waals surface area contributed by atoms with E-state index in [1.54, 1.807) is 36.9 Å². The van der Waals surface area contributed by atoms with E-state index in [-0.39, 0.29) is 11.8 Å². The summed E-state index contributed by atoms with van der Waals surface area (Å²) in [6.45, 7) is 1.40. The molecular weight excluding hydrogens is 456 g/mol. The Morgan fingerprint density at radius 1 is 1.09 bits per heavy atom. The molecule has 4 aromatic rings. The van der Waals surface area contributed by atoms with Crippen LogP contribution in [0.4, 0.5) is 0 Å². The van der Waals surface area contributed by atoms with Crippen LogP contribution in [0.2, 0.25) is 0 Å². The van der Waals surface area contributed by atoms with Crippen LogP contribution in [0.15, 0.2) is 78.6 Å². The summed E-state index contributed by atoms with van der Waals surface area (Å²) in [4.78, 5) is 29.6. The molecule has 1 aromatic carbocycles. The first kappa shape index (κ1) is 22.9. The average Bonchev–Trinajstić information content (AvgIpc) is 3.46. The van der Waals surface area contributed by atoms with Gasteiger partial charge in [-0.1, -0.05) is 18.2 Å². The Balaban J connectivity index is 1.41. The maximum absolute atomic E-state index is 12.7. The Morgan fingerprint density at radius 2 is 1.91 bits per heavy atom. The molecule has 0 spiro atoms. The van der Waals surface area contributed by atoms with Gasteiger partial charge in [0.25, 0.3) is 0 Å². The molecule has 1 aliphatic heterocycles. The molecular formula is C28H26N4O2S. The number of methoxy groups -OCH3 is 1. The van der Waals surface area contributed by atoms with Crippen LogP contribution in [0.3, 0.4) is 0 Å². The summed E-state index contributed by atoms with van der Waals surface area (Å²) in [5, 5.41) is 2.01. The molecule has 0 bridgehead atoms. The molecule has 0 unspecified atom stereocenters. The predicted octanol–water partition coefficient (Wildman–Crippen LogP) is 5.70. The number of likely N-dealkylation sites (tertiary alicyclic amines) is 1. The molecule has 1 fully saturated rings. The molecule has 1 saturated heterocycles. The highest BCUT2D eigenvalue weighted by Gasteiger charge is 2.27. The normalized spacial score (nSPS) is 14.4. The van der Waals surface area contributed by atoms with E-state index < -0.39 is 0 Å². The van der Waals surface area contributed by atoms with Crippen molar-refractivity contribution in [2.75, 3.05) is 20.2 Å². The summed E-state index contributed by atoms with van der Waals surface area (Å²) in [5.41, 5.74) is 3.98. The molecule has 5 rings (SSSR count). The third kappa shape index (κ3) is 5.30. The first-order chi connectivity index (χ1) is 17.2. The summed E-state index contributed by atoms with van der Waals surface area (Å²) < 4.78 is 5.45. The minimum Gasteiger partial charge on any atom is -0.497 e. The van der Waals surface area contributed by atoms with Crippen molar-refractivity contribution in [3.8, 4) is 28.3 Å². The van der Waals surface area contributed by atoms with E-state index in [9.17, 15) is 4.79 Å². The number of thiophene rings is 1. The Hall–Kier alpha value is -3.84. The monoisotopic (exact) mass is 482 g/mol. The van der Waals surface area contributed by atoms with Crippen molar-refractivity contribution in [2.24, 2.45) is 0 Å². The van der Waals surface area contributed by atoms with Crippen molar-refractivity contribution in [3.63, 3.8) is 0 Å². The Bertz CT molecular complexity index is 1310. The van der Waals surface area contributed by atoms with E-state index in [2.05, 4.69) is 16.0 Å². The van der Waals surface area contributed by atoms with Gasteiger partial charge in [0.2, 0.25) is 5.91 Å². The molecule has 0 saturated carbocycles. The van der Waals surface area contributed by atoms with Crippen molar-refractivity contribution >= 4 is 23.3 Å². The zero-order valence-corrected chi connectivity index (χ0v) is 20.3. The van der Waals surface area contributed by atoms with Gasteiger partial charge in [-0.2, -0.15) is 0 Å². The van der Waals surface area contributed by atoms with Crippen LogP contribution >= 0.6 is 11.3 Å². The maximum atomic E-state index is 12.7. The van der Waals surface area contributed by atoms with Crippen LogP contribution in [0.25, 0.3) is 28.6 Å². The number of hydrogen-bond acceptors (Lipinski definition) is 6. The summed E-state index contributed by atoms with van der Waals surface area (Å²) >= 11 is 1.63. The van der Waals surface area contributed by atoms with Gasteiger partial charge < -0.3 is 9.64 Å². The summed E-state index contributed by atoms with van der Waals surface area (Å²) in [6.07, 6.45) is 10.7. The quantitative estimate of drug-likeness (QED) is 0.330. The van der Waals surface area contributed by atoms with Gasteiger partial charge in [0.1, 0.15) is 5.75 Å². The van der Waals surface area contributed by atoms with Crippen molar-refractivity contribution in [1.82, 2.24) is 19.9 Å². The van der Waals surface area contributed by atoms with E-state index in [1.807, 2.05) is 65.0 Å². The van der Waals surface area contributed by atoms with Gasteiger partial charge in [-0.15, -0.1) is 11.3 Å². The molecule has 4 heterocycles. The lowest BCUT2D eigenvalue weighted by Crippen LogP contribution is -2.37. The lowest BCUT2D eigenvalue weighted by molar-refractivity contribution is -0.126. The van der Waals surface area contributed by atoms with Crippen LogP contribution in [0.1, 0.15) is 29.3 Å².